The Morgan fingerprint density at radius 1 is 1.23 bits per heavy atom. The van der Waals surface area contributed by atoms with Gasteiger partial charge in [0.25, 0.3) is 0 Å². The Balaban J connectivity index is 1.71. The number of thioether (sulfide) groups is 1. The van der Waals surface area contributed by atoms with Crippen LogP contribution in [0.15, 0.2) is 23.1 Å². The van der Waals surface area contributed by atoms with E-state index in [0.29, 0.717) is 50.5 Å². The molecule has 172 valence electrons. The summed E-state index contributed by atoms with van der Waals surface area (Å²) in [6.07, 6.45) is 2.31. The number of sulfonamides is 1. The second-order valence-corrected chi connectivity index (χ2v) is 10.8. The molecule has 0 bridgehead atoms. The standard InChI is InChI=1S/C21H31N3O5S2/c1-3-12-30-13-4-7-22-21(26)20-15-17-14-18(5-6-19(17)24(20)16(2)25)31(27,28)23-8-10-29-11-9-23/h5-6,14,20H,3-4,7-13,15H2,1-2H3,(H,22,26). The lowest BCUT2D eigenvalue weighted by atomic mass is 10.1. The molecule has 1 saturated heterocycles. The van der Waals surface area contributed by atoms with Crippen molar-refractivity contribution >= 4 is 39.3 Å². The van der Waals surface area contributed by atoms with Crippen molar-refractivity contribution in [2.75, 3.05) is 49.3 Å². The van der Waals surface area contributed by atoms with E-state index in [4.69, 9.17) is 4.74 Å². The maximum absolute atomic E-state index is 13.0. The van der Waals surface area contributed by atoms with Crippen LogP contribution >= 0.6 is 11.8 Å². The maximum Gasteiger partial charge on any atom is 0.243 e. The molecule has 2 aliphatic rings. The molecule has 0 aromatic heterocycles. The Kier molecular flexibility index (Phi) is 8.37. The van der Waals surface area contributed by atoms with E-state index in [0.717, 1.165) is 24.3 Å². The van der Waals surface area contributed by atoms with Gasteiger partial charge in [-0.1, -0.05) is 6.92 Å². The number of fused-ring (bicyclic) bond motifs is 1. The van der Waals surface area contributed by atoms with Crippen LogP contribution in [0.3, 0.4) is 0 Å². The monoisotopic (exact) mass is 469 g/mol. The highest BCUT2D eigenvalue weighted by atomic mass is 32.2. The Bertz CT molecular complexity index is 900. The molecule has 2 heterocycles. The SMILES string of the molecule is CCCSCCCNC(=O)C1Cc2cc(S(=O)(=O)N3CCOCC3)ccc2N1C(C)=O. The number of hydrogen-bond acceptors (Lipinski definition) is 6. The summed E-state index contributed by atoms with van der Waals surface area (Å²) in [6.45, 7) is 5.52. The highest BCUT2D eigenvalue weighted by molar-refractivity contribution is 7.99. The van der Waals surface area contributed by atoms with E-state index in [-0.39, 0.29) is 16.7 Å². The van der Waals surface area contributed by atoms with Crippen molar-refractivity contribution in [3.05, 3.63) is 23.8 Å². The molecular weight excluding hydrogens is 438 g/mol. The van der Waals surface area contributed by atoms with E-state index in [9.17, 15) is 18.0 Å². The number of rotatable bonds is 9. The van der Waals surface area contributed by atoms with Gasteiger partial charge >= 0.3 is 0 Å². The summed E-state index contributed by atoms with van der Waals surface area (Å²) in [5.41, 5.74) is 1.30. The lowest BCUT2D eigenvalue weighted by Crippen LogP contribution is -2.47. The van der Waals surface area contributed by atoms with E-state index >= 15 is 0 Å². The van der Waals surface area contributed by atoms with Crippen LogP contribution in [0, 0.1) is 0 Å². The summed E-state index contributed by atoms with van der Waals surface area (Å²) >= 11 is 1.86. The first-order valence-electron chi connectivity index (χ1n) is 10.7. The van der Waals surface area contributed by atoms with Crippen LogP contribution in [0.5, 0.6) is 0 Å². The molecule has 8 nitrogen and oxygen atoms in total. The van der Waals surface area contributed by atoms with Gasteiger partial charge in [-0.3, -0.25) is 14.5 Å². The van der Waals surface area contributed by atoms with Crippen LogP contribution in [0.4, 0.5) is 5.69 Å². The average molecular weight is 470 g/mol. The van der Waals surface area contributed by atoms with Gasteiger partial charge in [0, 0.05) is 38.7 Å². The van der Waals surface area contributed by atoms with Crippen LogP contribution in [-0.2, 0) is 30.8 Å². The second kappa shape index (κ2) is 10.8. The van der Waals surface area contributed by atoms with Crippen molar-refractivity contribution in [2.24, 2.45) is 0 Å². The number of nitrogens with one attached hydrogen (secondary N) is 1. The third kappa shape index (κ3) is 5.60. The van der Waals surface area contributed by atoms with E-state index in [2.05, 4.69) is 12.2 Å². The number of nitrogens with zero attached hydrogens (tertiary/aromatic N) is 2. The molecule has 1 unspecified atom stereocenters. The zero-order chi connectivity index (χ0) is 22.4. The fourth-order valence-electron chi connectivity index (χ4n) is 3.87. The molecule has 0 aliphatic carbocycles. The zero-order valence-corrected chi connectivity index (χ0v) is 19.8. The predicted octanol–water partition coefficient (Wildman–Crippen LogP) is 1.63. The summed E-state index contributed by atoms with van der Waals surface area (Å²) in [5, 5.41) is 2.93. The number of morpholine rings is 1. The van der Waals surface area contributed by atoms with Crippen LogP contribution in [-0.4, -0.2) is 74.9 Å². The molecule has 1 fully saturated rings. The number of anilines is 1. The first kappa shape index (κ1) is 24.0. The lowest BCUT2D eigenvalue weighted by Gasteiger charge is -2.26. The quantitative estimate of drug-likeness (QED) is 0.553. The normalized spacial score (nSPS) is 19.3. The minimum absolute atomic E-state index is 0.186. The fraction of sp³-hybridized carbons (Fsp3) is 0.619. The molecule has 3 rings (SSSR count). The molecule has 0 saturated carbocycles. The second-order valence-electron chi connectivity index (χ2n) is 7.67. The molecule has 10 heteroatoms. The Morgan fingerprint density at radius 2 is 1.97 bits per heavy atom. The number of carbonyl (C=O) groups excluding carboxylic acids is 2. The van der Waals surface area contributed by atoms with Gasteiger partial charge in [0.1, 0.15) is 6.04 Å². The van der Waals surface area contributed by atoms with Crippen molar-refractivity contribution in [3.63, 3.8) is 0 Å². The average Bonchev–Trinajstić information content (AvgIpc) is 3.16. The van der Waals surface area contributed by atoms with Gasteiger partial charge in [-0.15, -0.1) is 0 Å². The van der Waals surface area contributed by atoms with Crippen LogP contribution in [0.25, 0.3) is 0 Å². The van der Waals surface area contributed by atoms with Gasteiger partial charge in [0.2, 0.25) is 21.8 Å². The molecule has 1 N–H and O–H groups in total. The summed E-state index contributed by atoms with van der Waals surface area (Å²) in [5.74, 6) is 1.66. The van der Waals surface area contributed by atoms with E-state index in [1.165, 1.54) is 22.2 Å². The van der Waals surface area contributed by atoms with Gasteiger partial charge in [-0.25, -0.2) is 8.42 Å². The first-order valence-corrected chi connectivity index (χ1v) is 13.3. The molecule has 2 amide bonds. The molecule has 0 radical (unpaired) electrons. The molecule has 1 aromatic carbocycles. The lowest BCUT2D eigenvalue weighted by molar-refractivity contribution is -0.125. The number of benzene rings is 1. The molecular formula is C21H31N3O5S2. The molecule has 0 spiro atoms. The van der Waals surface area contributed by atoms with E-state index < -0.39 is 16.1 Å². The number of amides is 2. The van der Waals surface area contributed by atoms with Crippen LogP contribution in [0.1, 0.15) is 32.3 Å². The minimum Gasteiger partial charge on any atom is -0.379 e. The summed E-state index contributed by atoms with van der Waals surface area (Å²) < 4.78 is 32.6. The van der Waals surface area contributed by atoms with Gasteiger partial charge in [0.05, 0.1) is 18.1 Å². The third-order valence-electron chi connectivity index (χ3n) is 5.40. The number of ether oxygens (including phenoxy) is 1. The van der Waals surface area contributed by atoms with Crippen molar-refractivity contribution in [3.8, 4) is 0 Å². The fourth-order valence-corrected chi connectivity index (χ4v) is 6.17. The van der Waals surface area contributed by atoms with Crippen LogP contribution in [0.2, 0.25) is 0 Å². The van der Waals surface area contributed by atoms with E-state index in [1.807, 2.05) is 11.8 Å². The number of carbonyl (C=O) groups is 2. The van der Waals surface area contributed by atoms with Crippen LogP contribution < -0.4 is 10.2 Å². The molecule has 1 atom stereocenters. The van der Waals surface area contributed by atoms with Crippen molar-refractivity contribution in [1.82, 2.24) is 9.62 Å². The van der Waals surface area contributed by atoms with Crippen molar-refractivity contribution in [2.45, 2.75) is 44.0 Å². The first-order chi connectivity index (χ1) is 14.9. The maximum atomic E-state index is 13.0. The van der Waals surface area contributed by atoms with Gasteiger partial charge in [-0.05, 0) is 48.1 Å². The number of hydrogen-bond donors (Lipinski definition) is 1. The minimum atomic E-state index is -3.64. The molecule has 1 aromatic rings. The highest BCUT2D eigenvalue weighted by Gasteiger charge is 2.38. The Morgan fingerprint density at radius 3 is 2.65 bits per heavy atom. The smallest absolute Gasteiger partial charge is 0.243 e. The summed E-state index contributed by atoms with van der Waals surface area (Å²) in [7, 11) is -3.64. The van der Waals surface area contributed by atoms with Gasteiger partial charge < -0.3 is 10.1 Å². The largest absolute Gasteiger partial charge is 0.379 e. The predicted molar refractivity (Wildman–Crippen MR) is 122 cm³/mol. The summed E-state index contributed by atoms with van der Waals surface area (Å²) in [6, 6.07) is 4.10. The van der Waals surface area contributed by atoms with Gasteiger partial charge in [0.15, 0.2) is 0 Å². The summed E-state index contributed by atoms with van der Waals surface area (Å²) in [4.78, 5) is 26.8. The zero-order valence-electron chi connectivity index (χ0n) is 18.1. The Hall–Kier alpha value is -1.62. The van der Waals surface area contributed by atoms with E-state index in [1.54, 1.807) is 12.1 Å². The van der Waals surface area contributed by atoms with Crippen molar-refractivity contribution in [1.29, 1.82) is 0 Å². The van der Waals surface area contributed by atoms with Crippen molar-refractivity contribution < 1.29 is 22.7 Å². The molecule has 2 aliphatic heterocycles. The molecule has 31 heavy (non-hydrogen) atoms. The topological polar surface area (TPSA) is 96.0 Å². The van der Waals surface area contributed by atoms with Gasteiger partial charge in [-0.2, -0.15) is 16.1 Å². The Labute approximate surface area is 188 Å². The highest BCUT2D eigenvalue weighted by Crippen LogP contribution is 2.35. The third-order valence-corrected chi connectivity index (χ3v) is 8.57.